The summed E-state index contributed by atoms with van der Waals surface area (Å²) in [4.78, 5) is 0. The number of hydrogen-bond acceptors (Lipinski definition) is 2. The van der Waals surface area contributed by atoms with Crippen LogP contribution in [0.3, 0.4) is 0 Å². The Balaban J connectivity index is 1.82. The molecule has 0 N–H and O–H groups in total. The van der Waals surface area contributed by atoms with Gasteiger partial charge in [-0.25, -0.2) is 0 Å². The topological polar surface area (TPSA) is 32.3 Å². The van der Waals surface area contributed by atoms with Crippen molar-refractivity contribution >= 4 is 39.6 Å². The summed E-state index contributed by atoms with van der Waals surface area (Å²) in [5, 5.41) is 19.6. The van der Waals surface area contributed by atoms with Gasteiger partial charge in [0.05, 0.1) is 0 Å². The molecule has 0 aliphatic rings. The maximum absolute atomic E-state index is 13.7. The zero-order valence-corrected chi connectivity index (χ0v) is 18.3. The van der Waals surface area contributed by atoms with Crippen LogP contribution in [-0.4, -0.2) is 6.16 Å². The molecule has 0 aliphatic carbocycles. The van der Waals surface area contributed by atoms with Crippen molar-refractivity contribution in [2.24, 2.45) is 0 Å². The summed E-state index contributed by atoms with van der Waals surface area (Å²) < 4.78 is 6.97. The number of benzene rings is 5. The van der Waals surface area contributed by atoms with Crippen LogP contribution < -0.4 is 20.2 Å². The van der Waals surface area contributed by atoms with E-state index in [1.54, 1.807) is 0 Å². The first kappa shape index (κ1) is 19.6. The number of hydrogen-bond donors (Lipinski definition) is 0. The van der Waals surface area contributed by atoms with Crippen LogP contribution in [0.2, 0.25) is 0 Å². The Morgan fingerprint density at radius 2 is 1.00 bits per heavy atom. The zero-order valence-electron chi connectivity index (χ0n) is 17.4. The van der Waals surface area contributed by atoms with Crippen molar-refractivity contribution in [3.8, 4) is 11.5 Å². The average Bonchev–Trinajstić information content (AvgIpc) is 2.86. The summed E-state index contributed by atoms with van der Waals surface area (Å²) in [6.45, 7) is 2.15. The fourth-order valence-electron chi connectivity index (χ4n) is 4.34. The van der Waals surface area contributed by atoms with Crippen molar-refractivity contribution in [1.82, 2.24) is 0 Å². The Labute approximate surface area is 183 Å². The molecule has 0 aliphatic heterocycles. The van der Waals surface area contributed by atoms with E-state index >= 15 is 0 Å². The number of rotatable bonds is 5. The van der Waals surface area contributed by atoms with Gasteiger partial charge < -0.3 is 9.63 Å². The van der Waals surface area contributed by atoms with Crippen LogP contribution in [0.15, 0.2) is 109 Å². The molecule has 152 valence electrons. The van der Waals surface area contributed by atoms with Gasteiger partial charge in [0.1, 0.15) is 16.8 Å². The van der Waals surface area contributed by atoms with Gasteiger partial charge in [0.2, 0.25) is 0 Å². The zero-order chi connectivity index (χ0) is 21.3. The first-order chi connectivity index (χ1) is 15.2. The smallest absolute Gasteiger partial charge is 0.254 e. The van der Waals surface area contributed by atoms with Crippen molar-refractivity contribution in [3.63, 3.8) is 0 Å². The molecule has 0 spiro atoms. The van der Waals surface area contributed by atoms with Gasteiger partial charge in [-0.15, -0.1) is 0 Å². The largest absolute Gasteiger partial charge is 0.869 e. The van der Waals surface area contributed by atoms with Crippen LogP contribution in [0.1, 0.15) is 6.92 Å². The molecular formula is C28H23O2P. The maximum atomic E-state index is 13.7. The normalized spacial score (nSPS) is 11.6. The molecule has 0 fully saturated rings. The lowest BCUT2D eigenvalue weighted by Crippen LogP contribution is -2.28. The Hall–Kier alpha value is -3.35. The standard InChI is InChI=1S/C28H23O2P/c1-2-31(21-13-5-3-6-14-21,22-15-7-4-8-16-22)30-28-26-20-12-10-18-24(26)23-17-9-11-19-25(23)27(28)29/h3-20H,2H2,1H3. The van der Waals surface area contributed by atoms with Crippen molar-refractivity contribution in [1.29, 1.82) is 0 Å². The highest BCUT2D eigenvalue weighted by molar-refractivity contribution is 7.85. The van der Waals surface area contributed by atoms with Gasteiger partial charge in [-0.3, -0.25) is 0 Å². The second-order valence-electron chi connectivity index (χ2n) is 7.57. The molecule has 3 heteroatoms. The van der Waals surface area contributed by atoms with Crippen LogP contribution in [0, 0.1) is 0 Å². The maximum Gasteiger partial charge on any atom is 0.254 e. The van der Waals surface area contributed by atoms with Crippen molar-refractivity contribution in [2.45, 2.75) is 6.92 Å². The van der Waals surface area contributed by atoms with Crippen LogP contribution in [0.25, 0.3) is 21.5 Å². The monoisotopic (exact) mass is 422 g/mol. The number of fused-ring (bicyclic) bond motifs is 3. The SMILES string of the molecule is CC[P+](Oc1c([O-])c2ccccc2c2ccccc12)(c1ccccc1)c1ccccc1. The molecule has 0 saturated heterocycles. The molecule has 0 bridgehead atoms. The van der Waals surface area contributed by atoms with Gasteiger partial charge in [0, 0.05) is 5.39 Å². The summed E-state index contributed by atoms with van der Waals surface area (Å²) in [6.07, 6.45) is 0.793. The molecule has 0 aromatic heterocycles. The van der Waals surface area contributed by atoms with Crippen molar-refractivity contribution in [3.05, 3.63) is 109 Å². The van der Waals surface area contributed by atoms with Crippen LogP contribution in [0.4, 0.5) is 0 Å². The first-order valence-corrected chi connectivity index (χ1v) is 12.4. The second-order valence-corrected chi connectivity index (χ2v) is 10.9. The quantitative estimate of drug-likeness (QED) is 0.255. The Morgan fingerprint density at radius 1 is 0.581 bits per heavy atom. The third-order valence-electron chi connectivity index (χ3n) is 5.88. The van der Waals surface area contributed by atoms with E-state index in [1.165, 1.54) is 0 Å². The second kappa shape index (κ2) is 8.06. The van der Waals surface area contributed by atoms with E-state index in [1.807, 2.05) is 78.9 Å². The molecule has 31 heavy (non-hydrogen) atoms. The van der Waals surface area contributed by atoms with E-state index in [-0.39, 0.29) is 5.75 Å². The van der Waals surface area contributed by atoms with Crippen molar-refractivity contribution in [2.75, 3.05) is 6.16 Å². The molecule has 2 nitrogen and oxygen atoms in total. The lowest BCUT2D eigenvalue weighted by Gasteiger charge is -2.28. The van der Waals surface area contributed by atoms with Crippen LogP contribution in [-0.2, 0) is 0 Å². The van der Waals surface area contributed by atoms with E-state index in [0.717, 1.165) is 32.9 Å². The molecule has 0 saturated carbocycles. The summed E-state index contributed by atoms with van der Waals surface area (Å²) in [6, 6.07) is 36.6. The Bertz CT molecular complexity index is 1310. The predicted molar refractivity (Wildman–Crippen MR) is 131 cm³/mol. The lowest BCUT2D eigenvalue weighted by atomic mass is 10.0. The third-order valence-corrected chi connectivity index (χ3v) is 9.53. The van der Waals surface area contributed by atoms with Crippen molar-refractivity contribution < 1.29 is 9.63 Å². The van der Waals surface area contributed by atoms with Gasteiger partial charge in [-0.05, 0) is 47.3 Å². The third kappa shape index (κ3) is 3.24. The summed E-state index contributed by atoms with van der Waals surface area (Å²) in [5.41, 5.74) is 0. The Morgan fingerprint density at radius 3 is 1.52 bits per heavy atom. The Kier molecular flexibility index (Phi) is 5.10. The fraction of sp³-hybridized carbons (Fsp3) is 0.0714. The van der Waals surface area contributed by atoms with E-state index < -0.39 is 7.49 Å². The minimum atomic E-state index is -2.31. The van der Waals surface area contributed by atoms with Gasteiger partial charge >= 0.3 is 0 Å². The van der Waals surface area contributed by atoms with E-state index in [2.05, 4.69) is 37.3 Å². The predicted octanol–water partition coefficient (Wildman–Crippen LogP) is 6.05. The molecule has 0 radical (unpaired) electrons. The first-order valence-electron chi connectivity index (χ1n) is 10.5. The van der Waals surface area contributed by atoms with E-state index in [4.69, 9.17) is 4.52 Å². The van der Waals surface area contributed by atoms with E-state index in [0.29, 0.717) is 11.1 Å². The lowest BCUT2D eigenvalue weighted by molar-refractivity contribution is -0.266. The molecular weight excluding hydrogens is 399 g/mol. The average molecular weight is 422 g/mol. The van der Waals surface area contributed by atoms with E-state index in [9.17, 15) is 5.11 Å². The molecule has 0 atom stereocenters. The minimum absolute atomic E-state index is 0.0426. The minimum Gasteiger partial charge on any atom is -0.869 e. The molecule has 0 unspecified atom stereocenters. The molecule has 5 rings (SSSR count). The van der Waals surface area contributed by atoms with Gasteiger partial charge in [0.15, 0.2) is 5.75 Å². The van der Waals surface area contributed by atoms with Gasteiger partial charge in [-0.1, -0.05) is 90.7 Å². The summed E-state index contributed by atoms with van der Waals surface area (Å²) in [7, 11) is -2.31. The summed E-state index contributed by atoms with van der Waals surface area (Å²) in [5.74, 6) is 0.413. The van der Waals surface area contributed by atoms with Gasteiger partial charge in [0.25, 0.3) is 7.49 Å². The highest BCUT2D eigenvalue weighted by atomic mass is 31.2. The molecule has 5 aromatic carbocycles. The molecule has 5 aromatic rings. The molecule has 0 heterocycles. The summed E-state index contributed by atoms with van der Waals surface area (Å²) >= 11 is 0. The van der Waals surface area contributed by atoms with Crippen LogP contribution in [0.5, 0.6) is 11.5 Å². The highest BCUT2D eigenvalue weighted by Gasteiger charge is 2.45. The van der Waals surface area contributed by atoms with Crippen LogP contribution >= 0.6 is 7.49 Å². The fourth-order valence-corrected chi connectivity index (χ4v) is 7.51. The van der Waals surface area contributed by atoms with Gasteiger partial charge in [-0.2, -0.15) is 0 Å². The molecule has 0 amide bonds. The highest BCUT2D eigenvalue weighted by Crippen LogP contribution is 2.59.